The molecule has 1 aromatic heterocycles. The van der Waals surface area contributed by atoms with Crippen LogP contribution < -0.4 is 10.6 Å². The molecule has 0 radical (unpaired) electrons. The molecule has 6 nitrogen and oxygen atoms in total. The first kappa shape index (κ1) is 19.2. The molecule has 0 aromatic carbocycles. The van der Waals surface area contributed by atoms with Gasteiger partial charge in [-0.15, -0.1) is 11.3 Å². The van der Waals surface area contributed by atoms with Crippen molar-refractivity contribution in [1.29, 1.82) is 0 Å². The second-order valence-electron chi connectivity index (χ2n) is 6.07. The number of nitrogens with one attached hydrogen (secondary N) is 2. The summed E-state index contributed by atoms with van der Waals surface area (Å²) in [5, 5.41) is 6.83. The summed E-state index contributed by atoms with van der Waals surface area (Å²) in [5.74, 6) is 0.811. The van der Waals surface area contributed by atoms with Gasteiger partial charge in [-0.1, -0.05) is 0 Å². The third kappa shape index (κ3) is 5.73. The Kier molecular flexibility index (Phi) is 7.98. The summed E-state index contributed by atoms with van der Waals surface area (Å²) < 4.78 is 10.7. The summed E-state index contributed by atoms with van der Waals surface area (Å²) in [6.45, 7) is 9.25. The maximum Gasteiger partial charge on any atom is 0.191 e. The van der Waals surface area contributed by atoms with Gasteiger partial charge in [-0.2, -0.15) is 0 Å². The van der Waals surface area contributed by atoms with Gasteiger partial charge < -0.3 is 20.1 Å². The van der Waals surface area contributed by atoms with Crippen molar-refractivity contribution in [1.82, 2.24) is 15.5 Å². The minimum Gasteiger partial charge on any atom is -0.383 e. The molecular formula is C17H30N4O2S. The van der Waals surface area contributed by atoms with Crippen LogP contribution in [0.5, 0.6) is 0 Å². The lowest BCUT2D eigenvalue weighted by molar-refractivity contribution is 0.0177. The van der Waals surface area contributed by atoms with Gasteiger partial charge in [0.15, 0.2) is 5.96 Å². The fourth-order valence-electron chi connectivity index (χ4n) is 2.84. The van der Waals surface area contributed by atoms with Crippen LogP contribution in [-0.2, 0) is 9.47 Å². The number of morpholine rings is 1. The highest BCUT2D eigenvalue weighted by molar-refractivity contribution is 7.12. The van der Waals surface area contributed by atoms with Crippen LogP contribution in [0.1, 0.15) is 22.7 Å². The SMILES string of the molecule is CN=C(NCC(c1ccc(C)s1)N1CCOCC1)NC(C)COC. The maximum atomic E-state index is 5.51. The van der Waals surface area contributed by atoms with Crippen molar-refractivity contribution in [2.45, 2.75) is 25.9 Å². The van der Waals surface area contributed by atoms with Gasteiger partial charge in [0.25, 0.3) is 0 Å². The molecule has 24 heavy (non-hydrogen) atoms. The number of hydrogen-bond acceptors (Lipinski definition) is 5. The molecule has 2 rings (SSSR count). The van der Waals surface area contributed by atoms with Crippen LogP contribution in [0.2, 0.25) is 0 Å². The van der Waals surface area contributed by atoms with Crippen molar-refractivity contribution in [2.75, 3.05) is 53.6 Å². The van der Waals surface area contributed by atoms with E-state index in [0.29, 0.717) is 12.6 Å². The van der Waals surface area contributed by atoms with Crippen LogP contribution in [0.4, 0.5) is 0 Å². The Morgan fingerprint density at radius 2 is 2.17 bits per heavy atom. The molecular weight excluding hydrogens is 324 g/mol. The van der Waals surface area contributed by atoms with Crippen molar-refractivity contribution >= 4 is 17.3 Å². The molecule has 0 bridgehead atoms. The highest BCUT2D eigenvalue weighted by Gasteiger charge is 2.24. The van der Waals surface area contributed by atoms with Gasteiger partial charge in [-0.25, -0.2) is 0 Å². The van der Waals surface area contributed by atoms with E-state index in [1.54, 1.807) is 14.2 Å². The van der Waals surface area contributed by atoms with Gasteiger partial charge in [-0.05, 0) is 26.0 Å². The lowest BCUT2D eigenvalue weighted by Crippen LogP contribution is -2.48. The quantitative estimate of drug-likeness (QED) is 0.576. The predicted molar refractivity (Wildman–Crippen MR) is 100 cm³/mol. The Balaban J connectivity index is 1.99. The van der Waals surface area contributed by atoms with Gasteiger partial charge in [0.1, 0.15) is 0 Å². The van der Waals surface area contributed by atoms with E-state index in [1.807, 2.05) is 11.3 Å². The summed E-state index contributed by atoms with van der Waals surface area (Å²) in [6, 6.07) is 4.99. The summed E-state index contributed by atoms with van der Waals surface area (Å²) in [7, 11) is 3.51. The van der Waals surface area contributed by atoms with Crippen molar-refractivity contribution < 1.29 is 9.47 Å². The molecule has 2 N–H and O–H groups in total. The number of ether oxygens (including phenoxy) is 2. The highest BCUT2D eigenvalue weighted by atomic mass is 32.1. The van der Waals surface area contributed by atoms with Crippen molar-refractivity contribution in [3.05, 3.63) is 21.9 Å². The molecule has 2 heterocycles. The number of methoxy groups -OCH3 is 1. The van der Waals surface area contributed by atoms with Gasteiger partial charge in [0, 0.05) is 49.6 Å². The summed E-state index contributed by atoms with van der Waals surface area (Å²) in [4.78, 5) is 9.56. The Hall–Kier alpha value is -1.15. The number of aryl methyl sites for hydroxylation is 1. The zero-order valence-electron chi connectivity index (χ0n) is 15.2. The van der Waals surface area contributed by atoms with Crippen molar-refractivity contribution in [3.63, 3.8) is 0 Å². The zero-order valence-corrected chi connectivity index (χ0v) is 16.0. The highest BCUT2D eigenvalue weighted by Crippen LogP contribution is 2.27. The fraction of sp³-hybridized carbons (Fsp3) is 0.706. The predicted octanol–water partition coefficient (Wildman–Crippen LogP) is 1.63. The minimum atomic E-state index is 0.215. The number of guanidine groups is 1. The molecule has 1 aromatic rings. The average molecular weight is 355 g/mol. The van der Waals surface area contributed by atoms with E-state index in [2.05, 4.69) is 46.5 Å². The Labute approximate surface area is 149 Å². The molecule has 136 valence electrons. The van der Waals surface area contributed by atoms with Crippen LogP contribution >= 0.6 is 11.3 Å². The monoisotopic (exact) mass is 354 g/mol. The molecule has 1 saturated heterocycles. The third-order valence-corrected chi connectivity index (χ3v) is 5.16. The molecule has 1 aliphatic rings. The summed E-state index contributed by atoms with van der Waals surface area (Å²) >= 11 is 1.87. The fourth-order valence-corrected chi connectivity index (χ4v) is 3.86. The van der Waals surface area contributed by atoms with E-state index >= 15 is 0 Å². The van der Waals surface area contributed by atoms with Crippen molar-refractivity contribution in [2.24, 2.45) is 4.99 Å². The average Bonchev–Trinajstić information content (AvgIpc) is 3.01. The van der Waals surface area contributed by atoms with Gasteiger partial charge in [0.2, 0.25) is 0 Å². The number of hydrogen-bond donors (Lipinski definition) is 2. The topological polar surface area (TPSA) is 58.1 Å². The minimum absolute atomic E-state index is 0.215. The Morgan fingerprint density at radius 3 is 2.75 bits per heavy atom. The van der Waals surface area contributed by atoms with Gasteiger partial charge in [-0.3, -0.25) is 9.89 Å². The molecule has 1 fully saturated rings. The number of rotatable bonds is 7. The third-order valence-electron chi connectivity index (χ3n) is 4.06. The molecule has 0 aliphatic carbocycles. The number of nitrogens with zero attached hydrogens (tertiary/aromatic N) is 2. The van der Waals surface area contributed by atoms with E-state index in [4.69, 9.17) is 9.47 Å². The largest absolute Gasteiger partial charge is 0.383 e. The molecule has 0 amide bonds. The molecule has 7 heteroatoms. The van der Waals surface area contributed by atoms with E-state index < -0.39 is 0 Å². The van der Waals surface area contributed by atoms with Crippen molar-refractivity contribution in [3.8, 4) is 0 Å². The Morgan fingerprint density at radius 1 is 1.42 bits per heavy atom. The normalized spacial score (nSPS) is 19.1. The first-order valence-corrected chi connectivity index (χ1v) is 9.30. The van der Waals surface area contributed by atoms with E-state index in [1.165, 1.54) is 9.75 Å². The lowest BCUT2D eigenvalue weighted by atomic mass is 10.2. The summed E-state index contributed by atoms with van der Waals surface area (Å²) in [5.41, 5.74) is 0. The van der Waals surface area contributed by atoms with Crippen LogP contribution in [0.3, 0.4) is 0 Å². The van der Waals surface area contributed by atoms with Gasteiger partial charge >= 0.3 is 0 Å². The van der Waals surface area contributed by atoms with Crippen LogP contribution in [0.15, 0.2) is 17.1 Å². The van der Waals surface area contributed by atoms with Crippen LogP contribution in [-0.4, -0.2) is 70.5 Å². The molecule has 0 spiro atoms. The Bertz CT molecular complexity index is 514. The van der Waals surface area contributed by atoms with E-state index in [0.717, 1.165) is 38.8 Å². The second-order valence-corrected chi connectivity index (χ2v) is 7.39. The van der Waals surface area contributed by atoms with E-state index in [9.17, 15) is 0 Å². The summed E-state index contributed by atoms with van der Waals surface area (Å²) in [6.07, 6.45) is 0. The number of aliphatic imine (C=N–C) groups is 1. The van der Waals surface area contributed by atoms with Crippen LogP contribution in [0.25, 0.3) is 0 Å². The molecule has 0 saturated carbocycles. The number of thiophene rings is 1. The molecule has 2 atom stereocenters. The molecule has 2 unspecified atom stereocenters. The van der Waals surface area contributed by atoms with Gasteiger partial charge in [0.05, 0.1) is 25.9 Å². The zero-order chi connectivity index (χ0) is 17.4. The lowest BCUT2D eigenvalue weighted by Gasteiger charge is -2.34. The standard InChI is InChI=1S/C17H30N4O2S/c1-13(12-22-4)20-17(18-3)19-11-15(16-6-5-14(2)24-16)21-7-9-23-10-8-21/h5-6,13,15H,7-12H2,1-4H3,(H2,18,19,20). The maximum absolute atomic E-state index is 5.51. The first-order valence-electron chi connectivity index (χ1n) is 8.48. The smallest absolute Gasteiger partial charge is 0.191 e. The first-order chi connectivity index (χ1) is 11.6. The molecule has 1 aliphatic heterocycles. The van der Waals surface area contributed by atoms with Crippen LogP contribution in [0, 0.1) is 6.92 Å². The second kappa shape index (κ2) is 9.98. The van der Waals surface area contributed by atoms with E-state index in [-0.39, 0.29) is 6.04 Å².